The summed E-state index contributed by atoms with van der Waals surface area (Å²) in [5, 5.41) is 12.6. The van der Waals surface area contributed by atoms with E-state index >= 15 is 0 Å². The molecule has 162 valence electrons. The lowest BCUT2D eigenvalue weighted by atomic mass is 9.90. The normalized spacial score (nSPS) is 22.5. The number of likely N-dealkylation sites (tertiary alicyclic amines) is 1. The third-order valence-electron chi connectivity index (χ3n) is 5.78. The van der Waals surface area contributed by atoms with Gasteiger partial charge in [0.1, 0.15) is 11.7 Å². The maximum atomic E-state index is 13.5. The van der Waals surface area contributed by atoms with Gasteiger partial charge in [0.2, 0.25) is 5.91 Å². The molecule has 0 spiro atoms. The zero-order chi connectivity index (χ0) is 22.4. The Morgan fingerprint density at radius 2 is 1.56 bits per heavy atom. The van der Waals surface area contributed by atoms with Crippen LogP contribution in [-0.4, -0.2) is 27.9 Å². The minimum absolute atomic E-state index is 0.0573. The Morgan fingerprint density at radius 1 is 0.906 bits per heavy atom. The predicted octanol–water partition coefficient (Wildman–Crippen LogP) is 4.75. The lowest BCUT2D eigenvalue weighted by Gasteiger charge is -2.29. The number of carbonyl (C=O) groups is 2. The number of anilines is 1. The van der Waals surface area contributed by atoms with Gasteiger partial charge in [-0.15, -0.1) is 0 Å². The molecule has 3 aromatic rings. The van der Waals surface area contributed by atoms with Crippen molar-refractivity contribution >= 4 is 40.7 Å². The highest BCUT2D eigenvalue weighted by Crippen LogP contribution is 2.50. The fourth-order valence-electron chi connectivity index (χ4n) is 4.32. The van der Waals surface area contributed by atoms with E-state index in [1.165, 1.54) is 16.0 Å². The second-order valence-corrected chi connectivity index (χ2v) is 8.58. The average Bonchev–Trinajstić information content (AvgIpc) is 3.29. The van der Waals surface area contributed by atoms with E-state index in [9.17, 15) is 14.7 Å². The Morgan fingerprint density at radius 3 is 2.25 bits per heavy atom. The van der Waals surface area contributed by atoms with Crippen molar-refractivity contribution in [2.75, 3.05) is 5.06 Å². The molecule has 0 saturated carbocycles. The predicted molar refractivity (Wildman–Crippen MR) is 120 cm³/mol. The van der Waals surface area contributed by atoms with Crippen molar-refractivity contribution in [1.82, 2.24) is 4.90 Å². The maximum absolute atomic E-state index is 13.5. The Bertz CT molecular complexity index is 1190. The number of carbonyl (C=O) groups excluding carboxylic acids is 2. The highest BCUT2D eigenvalue weighted by atomic mass is 35.5. The van der Waals surface area contributed by atoms with Gasteiger partial charge in [-0.05, 0) is 29.8 Å². The van der Waals surface area contributed by atoms with E-state index < -0.39 is 24.0 Å². The molecule has 0 aliphatic carbocycles. The zero-order valence-electron chi connectivity index (χ0n) is 16.7. The topological polar surface area (TPSA) is 70.1 Å². The van der Waals surface area contributed by atoms with Crippen LogP contribution in [0, 0.1) is 5.92 Å². The lowest BCUT2D eigenvalue weighted by Crippen LogP contribution is -2.37. The number of hydrogen-bond acceptors (Lipinski definition) is 5. The largest absolute Gasteiger partial charge is 0.506 e. The van der Waals surface area contributed by atoms with Crippen molar-refractivity contribution < 1.29 is 19.5 Å². The average molecular weight is 469 g/mol. The molecule has 0 unspecified atom stereocenters. The molecule has 8 heteroatoms. The van der Waals surface area contributed by atoms with Crippen LogP contribution in [0.25, 0.3) is 0 Å². The van der Waals surface area contributed by atoms with Gasteiger partial charge in [-0.1, -0.05) is 71.7 Å². The van der Waals surface area contributed by atoms with Crippen LogP contribution in [0.5, 0.6) is 5.75 Å². The van der Waals surface area contributed by atoms with Crippen molar-refractivity contribution in [2.24, 2.45) is 5.92 Å². The molecule has 2 aliphatic heterocycles. The molecule has 3 aromatic carbocycles. The first kappa shape index (κ1) is 20.8. The molecule has 5 rings (SSSR count). The first-order valence-corrected chi connectivity index (χ1v) is 10.8. The fourth-order valence-corrected chi connectivity index (χ4v) is 4.83. The molecule has 3 atom stereocenters. The summed E-state index contributed by atoms with van der Waals surface area (Å²) in [4.78, 5) is 34.0. The molecule has 32 heavy (non-hydrogen) atoms. The van der Waals surface area contributed by atoms with Gasteiger partial charge in [-0.3, -0.25) is 19.3 Å². The van der Waals surface area contributed by atoms with Crippen LogP contribution in [-0.2, 0) is 21.0 Å². The molecule has 0 radical (unpaired) electrons. The second-order valence-electron chi connectivity index (χ2n) is 7.73. The van der Waals surface area contributed by atoms with E-state index in [4.69, 9.17) is 28.0 Å². The van der Waals surface area contributed by atoms with E-state index in [1.807, 2.05) is 48.5 Å². The lowest BCUT2D eigenvalue weighted by molar-refractivity contribution is -0.143. The van der Waals surface area contributed by atoms with E-state index in [0.29, 0.717) is 16.3 Å². The summed E-state index contributed by atoms with van der Waals surface area (Å²) in [6.45, 7) is 0.148. The molecular weight excluding hydrogens is 451 g/mol. The number of phenols is 1. The number of nitrogens with zero attached hydrogens (tertiary/aromatic N) is 2. The Hall–Kier alpha value is -3.06. The summed E-state index contributed by atoms with van der Waals surface area (Å²) in [5.41, 5.74) is 1.79. The van der Waals surface area contributed by atoms with Crippen molar-refractivity contribution in [3.63, 3.8) is 0 Å². The van der Waals surface area contributed by atoms with Gasteiger partial charge in [0.05, 0.1) is 23.3 Å². The van der Waals surface area contributed by atoms with Crippen LogP contribution < -0.4 is 5.06 Å². The molecule has 1 N–H and O–H groups in total. The first-order valence-electron chi connectivity index (χ1n) is 10.0. The van der Waals surface area contributed by atoms with Gasteiger partial charge in [0, 0.05) is 10.6 Å². The molecule has 2 amide bonds. The fraction of sp³-hybridized carbons (Fsp3) is 0.167. The number of phenolic OH excluding ortho intramolecular Hbond substituents is 1. The number of benzene rings is 3. The number of aromatic hydroxyl groups is 1. The maximum Gasteiger partial charge on any atom is 0.262 e. The van der Waals surface area contributed by atoms with E-state index in [-0.39, 0.29) is 23.2 Å². The highest BCUT2D eigenvalue weighted by Gasteiger charge is 2.60. The van der Waals surface area contributed by atoms with Gasteiger partial charge < -0.3 is 5.11 Å². The van der Waals surface area contributed by atoms with Crippen molar-refractivity contribution in [1.29, 1.82) is 0 Å². The van der Waals surface area contributed by atoms with Crippen LogP contribution in [0.1, 0.15) is 17.2 Å². The summed E-state index contributed by atoms with van der Waals surface area (Å²) in [7, 11) is 0. The van der Waals surface area contributed by atoms with Crippen molar-refractivity contribution in [3.8, 4) is 5.75 Å². The summed E-state index contributed by atoms with van der Waals surface area (Å²) >= 11 is 12.4. The third-order valence-corrected chi connectivity index (χ3v) is 6.28. The monoisotopic (exact) mass is 468 g/mol. The van der Waals surface area contributed by atoms with Gasteiger partial charge in [-0.2, -0.15) is 0 Å². The number of halogens is 2. The number of para-hydroxylation sites is 1. The summed E-state index contributed by atoms with van der Waals surface area (Å²) < 4.78 is 0. The first-order chi connectivity index (χ1) is 15.5. The zero-order valence-corrected chi connectivity index (χ0v) is 18.2. The number of rotatable bonds is 4. The van der Waals surface area contributed by atoms with Crippen molar-refractivity contribution in [3.05, 3.63) is 94.0 Å². The number of amides is 2. The van der Waals surface area contributed by atoms with E-state index in [0.717, 1.165) is 5.56 Å². The number of fused-ring (bicyclic) bond motifs is 1. The summed E-state index contributed by atoms with van der Waals surface area (Å²) in [6.07, 6.45) is -1.02. The minimum atomic E-state index is -1.02. The smallest absolute Gasteiger partial charge is 0.262 e. The molecule has 2 heterocycles. The molecule has 2 fully saturated rings. The third kappa shape index (κ3) is 3.41. The number of hydrogen-bond donors (Lipinski definition) is 1. The Balaban J connectivity index is 1.58. The second kappa shape index (κ2) is 8.13. The van der Waals surface area contributed by atoms with Crippen LogP contribution in [0.15, 0.2) is 72.8 Å². The molecule has 2 aliphatic rings. The highest BCUT2D eigenvalue weighted by molar-refractivity contribution is 6.35. The SMILES string of the molecule is O=C1[C@@H]2[C@H](ON(c3ccccc3)[C@H]2c2cc(Cl)cc(Cl)c2O)C(=O)N1Cc1ccccc1. The van der Waals surface area contributed by atoms with Crippen LogP contribution in [0.4, 0.5) is 5.69 Å². The minimum Gasteiger partial charge on any atom is -0.506 e. The molecule has 0 bridgehead atoms. The molecule has 2 saturated heterocycles. The van der Waals surface area contributed by atoms with E-state index in [2.05, 4.69) is 0 Å². The van der Waals surface area contributed by atoms with Crippen LogP contribution in [0.2, 0.25) is 10.0 Å². The number of hydroxylamine groups is 1. The molecular formula is C24H18Cl2N2O4. The van der Waals surface area contributed by atoms with Crippen LogP contribution >= 0.6 is 23.2 Å². The van der Waals surface area contributed by atoms with Gasteiger partial charge in [0.15, 0.2) is 6.10 Å². The molecule has 0 aromatic heterocycles. The standard InChI is InChI=1S/C24H18Cl2N2O4/c25-15-11-17(21(29)18(26)12-15)20-19-22(32-28(20)16-9-5-2-6-10-16)24(31)27(23(19)30)13-14-7-3-1-4-8-14/h1-12,19-20,22,29H,13H2/t19-,20-,22-/m0/s1. The van der Waals surface area contributed by atoms with Gasteiger partial charge in [-0.25, -0.2) is 5.06 Å². The Labute approximate surface area is 194 Å². The van der Waals surface area contributed by atoms with Gasteiger partial charge in [0.25, 0.3) is 5.91 Å². The van der Waals surface area contributed by atoms with Gasteiger partial charge >= 0.3 is 0 Å². The van der Waals surface area contributed by atoms with Crippen LogP contribution in [0.3, 0.4) is 0 Å². The summed E-state index contributed by atoms with van der Waals surface area (Å²) in [6, 6.07) is 20.5. The number of imide groups is 1. The van der Waals surface area contributed by atoms with E-state index in [1.54, 1.807) is 18.2 Å². The van der Waals surface area contributed by atoms with Crippen molar-refractivity contribution in [2.45, 2.75) is 18.7 Å². The Kier molecular flexibility index (Phi) is 5.29. The molecule has 6 nitrogen and oxygen atoms in total. The quantitative estimate of drug-likeness (QED) is 0.559. The summed E-state index contributed by atoms with van der Waals surface area (Å²) in [5.74, 6) is -1.86.